The second-order valence-corrected chi connectivity index (χ2v) is 9.64. The number of carbonyl (C=O) groups is 3. The number of thioether (sulfide) groups is 1. The molecule has 2 amide bonds. The van der Waals surface area contributed by atoms with Crippen molar-refractivity contribution < 1.29 is 23.5 Å². The molecule has 2 N–H and O–H groups in total. The molecule has 0 radical (unpaired) electrons. The SMILES string of the molecule is CC(C)C[C@H](NC(=O)OCc1ccccc1)C(=O)N[C@H](C(=O)CSCc1ccco1)C(C)C. The number of carbonyl (C=O) groups excluding carboxylic acids is 3. The molecule has 0 saturated heterocycles. The van der Waals surface area contributed by atoms with Crippen LogP contribution in [-0.2, 0) is 26.7 Å². The van der Waals surface area contributed by atoms with Crippen molar-refractivity contribution in [3.05, 3.63) is 60.1 Å². The van der Waals surface area contributed by atoms with Gasteiger partial charge in [0.25, 0.3) is 0 Å². The Balaban J connectivity index is 1.92. The number of ketones is 1. The Morgan fingerprint density at radius 3 is 2.33 bits per heavy atom. The number of furan rings is 1. The van der Waals surface area contributed by atoms with Gasteiger partial charge in [0.2, 0.25) is 5.91 Å². The Morgan fingerprint density at radius 1 is 1.00 bits per heavy atom. The quantitative estimate of drug-likeness (QED) is 0.442. The first kappa shape index (κ1) is 26.5. The first-order valence-electron chi connectivity index (χ1n) is 11.2. The molecule has 0 aliphatic rings. The Labute approximate surface area is 200 Å². The summed E-state index contributed by atoms with van der Waals surface area (Å²) in [6.07, 6.45) is 1.36. The van der Waals surface area contributed by atoms with Crippen LogP contribution >= 0.6 is 11.8 Å². The predicted molar refractivity (Wildman–Crippen MR) is 130 cm³/mol. The van der Waals surface area contributed by atoms with E-state index >= 15 is 0 Å². The van der Waals surface area contributed by atoms with Gasteiger partial charge in [-0.05, 0) is 36.0 Å². The maximum Gasteiger partial charge on any atom is 0.408 e. The van der Waals surface area contributed by atoms with Crippen molar-refractivity contribution in [3.63, 3.8) is 0 Å². The number of hydrogen-bond acceptors (Lipinski definition) is 6. The summed E-state index contributed by atoms with van der Waals surface area (Å²) >= 11 is 1.44. The zero-order chi connectivity index (χ0) is 24.2. The molecule has 0 fully saturated rings. The van der Waals surface area contributed by atoms with E-state index in [1.54, 1.807) is 6.26 Å². The van der Waals surface area contributed by atoms with Gasteiger partial charge in [-0.25, -0.2) is 4.79 Å². The fourth-order valence-corrected chi connectivity index (χ4v) is 4.07. The van der Waals surface area contributed by atoms with Crippen LogP contribution in [0.1, 0.15) is 45.4 Å². The highest BCUT2D eigenvalue weighted by Gasteiger charge is 2.29. The maximum absolute atomic E-state index is 13.0. The van der Waals surface area contributed by atoms with Crippen LogP contribution in [-0.4, -0.2) is 35.6 Å². The highest BCUT2D eigenvalue weighted by Crippen LogP contribution is 2.15. The Morgan fingerprint density at radius 2 is 1.73 bits per heavy atom. The van der Waals surface area contributed by atoms with E-state index in [-0.39, 0.29) is 35.9 Å². The summed E-state index contributed by atoms with van der Waals surface area (Å²) in [6, 6.07) is 11.6. The number of benzene rings is 1. The van der Waals surface area contributed by atoms with Gasteiger partial charge in [-0.3, -0.25) is 9.59 Å². The molecule has 2 rings (SSSR count). The smallest absolute Gasteiger partial charge is 0.408 e. The monoisotopic (exact) mass is 474 g/mol. The van der Waals surface area contributed by atoms with Crippen LogP contribution in [0.5, 0.6) is 0 Å². The number of hydrogen-bond donors (Lipinski definition) is 2. The van der Waals surface area contributed by atoms with Crippen LogP contribution in [0, 0.1) is 11.8 Å². The van der Waals surface area contributed by atoms with Gasteiger partial charge in [-0.1, -0.05) is 58.0 Å². The zero-order valence-corrected chi connectivity index (χ0v) is 20.5. The average molecular weight is 475 g/mol. The van der Waals surface area contributed by atoms with E-state index in [2.05, 4.69) is 10.6 Å². The van der Waals surface area contributed by atoms with Gasteiger partial charge in [0, 0.05) is 0 Å². The summed E-state index contributed by atoms with van der Waals surface area (Å²) in [5.41, 5.74) is 0.857. The third-order valence-electron chi connectivity index (χ3n) is 4.91. The van der Waals surface area contributed by atoms with Crippen molar-refractivity contribution in [2.75, 3.05) is 5.75 Å². The lowest BCUT2D eigenvalue weighted by Gasteiger charge is -2.25. The molecule has 0 unspecified atom stereocenters. The molecule has 2 atom stereocenters. The van der Waals surface area contributed by atoms with Crippen molar-refractivity contribution in [3.8, 4) is 0 Å². The summed E-state index contributed by atoms with van der Waals surface area (Å²) in [4.78, 5) is 38.1. The minimum Gasteiger partial charge on any atom is -0.468 e. The molecule has 8 heteroatoms. The molecule has 0 aliphatic carbocycles. The fraction of sp³-hybridized carbons (Fsp3) is 0.480. The summed E-state index contributed by atoms with van der Waals surface area (Å²) < 4.78 is 10.6. The molecule has 180 valence electrons. The van der Waals surface area contributed by atoms with E-state index in [4.69, 9.17) is 9.15 Å². The summed E-state index contributed by atoms with van der Waals surface area (Å²) in [5.74, 6) is 1.26. The van der Waals surface area contributed by atoms with Crippen LogP contribution < -0.4 is 10.6 Å². The number of ether oxygens (including phenoxy) is 1. The van der Waals surface area contributed by atoms with Crippen LogP contribution in [0.4, 0.5) is 4.79 Å². The molecule has 0 aliphatic heterocycles. The minimum absolute atomic E-state index is 0.0649. The van der Waals surface area contributed by atoms with Crippen LogP contribution in [0.3, 0.4) is 0 Å². The molecular formula is C25H34N2O5S. The summed E-state index contributed by atoms with van der Waals surface area (Å²) in [7, 11) is 0. The topological polar surface area (TPSA) is 97.6 Å². The minimum atomic E-state index is -0.793. The van der Waals surface area contributed by atoms with E-state index in [0.717, 1.165) is 11.3 Å². The van der Waals surface area contributed by atoms with Gasteiger partial charge in [-0.2, -0.15) is 0 Å². The molecule has 0 saturated carbocycles. The zero-order valence-electron chi connectivity index (χ0n) is 19.7. The molecule has 0 spiro atoms. The van der Waals surface area contributed by atoms with Gasteiger partial charge in [0.1, 0.15) is 18.4 Å². The van der Waals surface area contributed by atoms with Crippen LogP contribution in [0.25, 0.3) is 0 Å². The fourth-order valence-electron chi connectivity index (χ4n) is 3.22. The molecule has 1 heterocycles. The Bertz CT molecular complexity index is 868. The van der Waals surface area contributed by atoms with E-state index in [1.165, 1.54) is 11.8 Å². The maximum atomic E-state index is 13.0. The van der Waals surface area contributed by atoms with E-state index in [9.17, 15) is 14.4 Å². The number of alkyl carbamates (subject to hydrolysis) is 1. The van der Waals surface area contributed by atoms with Crippen molar-refractivity contribution >= 4 is 29.5 Å². The first-order valence-corrected chi connectivity index (χ1v) is 12.3. The molecule has 33 heavy (non-hydrogen) atoms. The molecule has 1 aromatic heterocycles. The lowest BCUT2D eigenvalue weighted by atomic mass is 9.98. The molecule has 1 aromatic carbocycles. The van der Waals surface area contributed by atoms with Crippen LogP contribution in [0.2, 0.25) is 0 Å². The molecule has 7 nitrogen and oxygen atoms in total. The molecule has 2 aromatic rings. The summed E-state index contributed by atoms with van der Waals surface area (Å²) in [5, 5.41) is 5.51. The van der Waals surface area contributed by atoms with Gasteiger partial charge in [0.05, 0.1) is 23.8 Å². The molecular weight excluding hydrogens is 440 g/mol. The Kier molecular flexibility index (Phi) is 11.0. The highest BCUT2D eigenvalue weighted by molar-refractivity contribution is 7.99. The normalized spacial score (nSPS) is 12.9. The average Bonchev–Trinajstić information content (AvgIpc) is 3.29. The predicted octanol–water partition coefficient (Wildman–Crippen LogP) is 4.56. The van der Waals surface area contributed by atoms with E-state index in [1.807, 2.05) is 70.2 Å². The first-order chi connectivity index (χ1) is 15.8. The lowest BCUT2D eigenvalue weighted by molar-refractivity contribution is -0.129. The van der Waals surface area contributed by atoms with Crippen LogP contribution in [0.15, 0.2) is 53.1 Å². The third kappa shape index (κ3) is 9.74. The van der Waals surface area contributed by atoms with E-state index < -0.39 is 18.2 Å². The lowest BCUT2D eigenvalue weighted by Crippen LogP contribution is -2.53. The van der Waals surface area contributed by atoms with Crippen molar-refractivity contribution in [2.45, 2.75) is 58.6 Å². The van der Waals surface area contributed by atoms with Gasteiger partial charge in [0.15, 0.2) is 5.78 Å². The van der Waals surface area contributed by atoms with E-state index in [0.29, 0.717) is 12.2 Å². The van der Waals surface area contributed by atoms with Gasteiger partial charge >= 0.3 is 6.09 Å². The standard InChI is InChI=1S/C25H34N2O5S/c1-17(2)13-21(26-25(30)32-14-19-9-6-5-7-10-19)24(29)27-23(18(3)4)22(28)16-33-15-20-11-8-12-31-20/h5-12,17-18,21,23H,13-16H2,1-4H3,(H,26,30)(H,27,29)/t21-,23-/m0/s1. The van der Waals surface area contributed by atoms with Crippen molar-refractivity contribution in [2.24, 2.45) is 11.8 Å². The van der Waals surface area contributed by atoms with Gasteiger partial charge in [-0.15, -0.1) is 11.8 Å². The number of Topliss-reactive ketones (excluding diaryl/α,β-unsaturated/α-hetero) is 1. The van der Waals surface area contributed by atoms with Gasteiger partial charge < -0.3 is 19.8 Å². The van der Waals surface area contributed by atoms with Crippen molar-refractivity contribution in [1.82, 2.24) is 10.6 Å². The summed E-state index contributed by atoms with van der Waals surface area (Å²) in [6.45, 7) is 7.82. The van der Waals surface area contributed by atoms with Crippen molar-refractivity contribution in [1.29, 1.82) is 0 Å². The Hall–Kier alpha value is -2.74. The highest BCUT2D eigenvalue weighted by atomic mass is 32.2. The number of rotatable bonds is 13. The largest absolute Gasteiger partial charge is 0.468 e. The third-order valence-corrected chi connectivity index (χ3v) is 5.89. The molecule has 0 bridgehead atoms. The second-order valence-electron chi connectivity index (χ2n) is 8.66. The number of amides is 2. The second kappa shape index (κ2) is 13.7. The number of nitrogens with one attached hydrogen (secondary N) is 2.